The first-order valence-electron chi connectivity index (χ1n) is 18.9. The van der Waals surface area contributed by atoms with E-state index >= 15 is 0 Å². The van der Waals surface area contributed by atoms with Gasteiger partial charge in [0.2, 0.25) is 11.6 Å². The normalized spacial score (nSPS) is 13.9. The number of nitrogens with one attached hydrogen (secondary N) is 4. The maximum Gasteiger partial charge on any atom is 0.292 e. The van der Waals surface area contributed by atoms with Gasteiger partial charge < -0.3 is 44.8 Å². The monoisotopic (exact) mass is 758 g/mol. The van der Waals surface area contributed by atoms with Crippen molar-refractivity contribution in [1.29, 1.82) is 0 Å². The number of aromatic nitrogens is 8. The van der Waals surface area contributed by atoms with Gasteiger partial charge in [-0.25, -0.2) is 19.9 Å². The number of para-hydroxylation sites is 1. The molecule has 7 aromatic rings. The number of anilines is 4. The van der Waals surface area contributed by atoms with Gasteiger partial charge in [-0.3, -0.25) is 18.8 Å². The van der Waals surface area contributed by atoms with Crippen LogP contribution in [0.4, 0.5) is 23.1 Å². The molecule has 17 nitrogen and oxygen atoms in total. The van der Waals surface area contributed by atoms with E-state index in [1.165, 1.54) is 0 Å². The molecule has 4 N–H and O–H groups in total. The number of hydrogen-bond donors (Lipinski definition) is 4. The zero-order valence-electron chi connectivity index (χ0n) is 32.0. The van der Waals surface area contributed by atoms with Crippen molar-refractivity contribution >= 4 is 62.3 Å². The Morgan fingerprint density at radius 1 is 0.714 bits per heavy atom. The van der Waals surface area contributed by atoms with Gasteiger partial charge in [0.05, 0.1) is 21.9 Å². The van der Waals surface area contributed by atoms with Crippen LogP contribution in [0.2, 0.25) is 0 Å². The van der Waals surface area contributed by atoms with Crippen LogP contribution in [0.15, 0.2) is 66.1 Å². The van der Waals surface area contributed by atoms with Crippen LogP contribution in [-0.2, 0) is 21.1 Å². The molecule has 0 spiro atoms. The van der Waals surface area contributed by atoms with Crippen LogP contribution < -0.4 is 26.7 Å². The van der Waals surface area contributed by atoms with Crippen molar-refractivity contribution in [2.75, 3.05) is 73.6 Å². The SMILES string of the molecule is Cc1nc(NC(=O)c2nc(NC(=O)c3nc(NCCCN4CCN(CCCNc5ccc6ncn7c8ccccc8c(=O)c5c67)CC4)cn3C)cn2C)cn1C. The van der Waals surface area contributed by atoms with Gasteiger partial charge in [0.15, 0.2) is 17.1 Å². The summed E-state index contributed by atoms with van der Waals surface area (Å²) in [5, 5.41) is 13.8. The molecular formula is C39H46N14O3. The highest BCUT2D eigenvalue weighted by Gasteiger charge is 2.21. The second kappa shape index (κ2) is 15.4. The first-order valence-corrected chi connectivity index (χ1v) is 18.9. The number of aryl methyl sites for hydroxylation is 4. The van der Waals surface area contributed by atoms with Gasteiger partial charge in [-0.2, -0.15) is 0 Å². The fourth-order valence-electron chi connectivity index (χ4n) is 7.42. The molecule has 1 fully saturated rings. The highest BCUT2D eigenvalue weighted by Crippen LogP contribution is 2.28. The Labute approximate surface area is 322 Å². The second-order valence-corrected chi connectivity index (χ2v) is 14.4. The summed E-state index contributed by atoms with van der Waals surface area (Å²) in [6, 6.07) is 11.7. The fraction of sp³-hybridized carbons (Fsp3) is 0.359. The number of pyridine rings is 1. The van der Waals surface area contributed by atoms with E-state index in [4.69, 9.17) is 0 Å². The molecule has 1 aliphatic rings. The smallest absolute Gasteiger partial charge is 0.292 e. The van der Waals surface area contributed by atoms with Crippen LogP contribution in [0, 0.1) is 6.92 Å². The highest BCUT2D eigenvalue weighted by molar-refractivity contribution is 6.07. The molecular weight excluding hydrogens is 713 g/mol. The molecule has 0 aliphatic carbocycles. The number of carbonyl (C=O) groups is 2. The molecule has 0 saturated carbocycles. The summed E-state index contributed by atoms with van der Waals surface area (Å²) in [5.74, 6) is 1.54. The number of nitrogens with zero attached hydrogens (tertiary/aromatic N) is 10. The number of amides is 2. The van der Waals surface area contributed by atoms with Gasteiger partial charge in [-0.05, 0) is 57.1 Å². The number of benzene rings is 2. The Hall–Kier alpha value is -6.33. The summed E-state index contributed by atoms with van der Waals surface area (Å²) in [6.07, 6.45) is 8.80. The molecule has 6 heterocycles. The Bertz CT molecular complexity index is 2570. The quantitative estimate of drug-likeness (QED) is 0.0945. The molecule has 0 unspecified atom stereocenters. The predicted octanol–water partition coefficient (Wildman–Crippen LogP) is 3.37. The summed E-state index contributed by atoms with van der Waals surface area (Å²) in [5.41, 5.74) is 3.48. The topological polar surface area (TPSA) is 177 Å². The molecule has 0 atom stereocenters. The lowest BCUT2D eigenvalue weighted by molar-refractivity contribution is 0.0999. The van der Waals surface area contributed by atoms with E-state index in [1.54, 1.807) is 52.7 Å². The van der Waals surface area contributed by atoms with Gasteiger partial charge in [0.1, 0.15) is 18.0 Å². The van der Waals surface area contributed by atoms with Gasteiger partial charge >= 0.3 is 0 Å². The standard InChI is InChI=1S/C39H46N14O3/c1-25-43-31(22-48(25)2)46-39(56)37-45-32(23-50(37)4)47-38(55)36-44-30(21-49(36)3)41-14-8-16-52-19-17-51(18-20-52)15-7-13-40-27-11-12-28-34-33(27)35(54)26-9-5-6-10-29(26)53(34)24-42-28/h5-6,9-12,21-24,40-41H,7-8,13-20H2,1-4H3,(H,46,56)(H,47,55). The van der Waals surface area contributed by atoms with Gasteiger partial charge in [-0.1, -0.05) is 12.1 Å². The minimum absolute atomic E-state index is 0.0399. The van der Waals surface area contributed by atoms with Crippen LogP contribution in [-0.4, -0.2) is 112 Å². The molecule has 290 valence electrons. The van der Waals surface area contributed by atoms with Gasteiger partial charge in [0, 0.05) is 90.1 Å². The van der Waals surface area contributed by atoms with E-state index in [9.17, 15) is 14.4 Å². The number of hydrogen-bond acceptors (Lipinski definition) is 11. The number of carbonyl (C=O) groups excluding carboxylic acids is 2. The van der Waals surface area contributed by atoms with E-state index in [2.05, 4.69) is 51.0 Å². The molecule has 8 rings (SSSR count). The van der Waals surface area contributed by atoms with E-state index in [1.807, 2.05) is 54.8 Å². The van der Waals surface area contributed by atoms with E-state index in [0.717, 1.165) is 93.3 Å². The molecule has 1 saturated heterocycles. The maximum atomic E-state index is 13.5. The average Bonchev–Trinajstić information content (AvgIpc) is 3.97. The fourth-order valence-corrected chi connectivity index (χ4v) is 7.42. The summed E-state index contributed by atoms with van der Waals surface area (Å²) in [7, 11) is 5.29. The predicted molar refractivity (Wildman–Crippen MR) is 217 cm³/mol. The maximum absolute atomic E-state index is 13.5. The van der Waals surface area contributed by atoms with Crippen molar-refractivity contribution in [3.63, 3.8) is 0 Å². The van der Waals surface area contributed by atoms with Crippen molar-refractivity contribution in [3.8, 4) is 0 Å². The molecule has 17 heteroatoms. The Morgan fingerprint density at radius 3 is 1.96 bits per heavy atom. The van der Waals surface area contributed by atoms with E-state index in [-0.39, 0.29) is 22.9 Å². The first kappa shape index (κ1) is 36.6. The molecule has 2 amide bonds. The first-order chi connectivity index (χ1) is 27.1. The Kier molecular flexibility index (Phi) is 10.1. The number of imidazole rings is 4. The lowest BCUT2D eigenvalue weighted by atomic mass is 10.1. The minimum Gasteiger partial charge on any atom is -0.384 e. The second-order valence-electron chi connectivity index (χ2n) is 14.4. The van der Waals surface area contributed by atoms with Crippen molar-refractivity contribution in [1.82, 2.24) is 47.8 Å². The summed E-state index contributed by atoms with van der Waals surface area (Å²) in [4.78, 5) is 62.0. The third-order valence-electron chi connectivity index (χ3n) is 10.5. The molecule has 5 aromatic heterocycles. The summed E-state index contributed by atoms with van der Waals surface area (Å²) < 4.78 is 7.04. The Balaban J connectivity index is 0.749. The highest BCUT2D eigenvalue weighted by atomic mass is 16.2. The van der Waals surface area contributed by atoms with Crippen LogP contribution >= 0.6 is 0 Å². The Morgan fingerprint density at radius 2 is 1.30 bits per heavy atom. The lowest BCUT2D eigenvalue weighted by Crippen LogP contribution is -2.47. The van der Waals surface area contributed by atoms with Crippen molar-refractivity contribution in [3.05, 3.63) is 89.0 Å². The average molecular weight is 759 g/mol. The molecule has 56 heavy (non-hydrogen) atoms. The van der Waals surface area contributed by atoms with Crippen molar-refractivity contribution in [2.45, 2.75) is 19.8 Å². The minimum atomic E-state index is -0.434. The zero-order chi connectivity index (χ0) is 38.9. The third-order valence-corrected chi connectivity index (χ3v) is 10.5. The van der Waals surface area contributed by atoms with Gasteiger partial charge in [0.25, 0.3) is 11.8 Å². The molecule has 2 aromatic carbocycles. The van der Waals surface area contributed by atoms with E-state index in [0.29, 0.717) is 22.4 Å². The van der Waals surface area contributed by atoms with Crippen LogP contribution in [0.3, 0.4) is 0 Å². The number of rotatable bonds is 14. The molecule has 0 radical (unpaired) electrons. The van der Waals surface area contributed by atoms with E-state index < -0.39 is 11.8 Å². The largest absolute Gasteiger partial charge is 0.384 e. The van der Waals surface area contributed by atoms with Crippen molar-refractivity contribution in [2.24, 2.45) is 21.1 Å². The van der Waals surface area contributed by atoms with Crippen LogP contribution in [0.5, 0.6) is 0 Å². The zero-order valence-corrected chi connectivity index (χ0v) is 32.0. The molecule has 1 aliphatic heterocycles. The van der Waals surface area contributed by atoms with Crippen LogP contribution in [0.1, 0.15) is 39.9 Å². The van der Waals surface area contributed by atoms with Crippen LogP contribution in [0.25, 0.3) is 27.3 Å². The summed E-state index contributed by atoms with van der Waals surface area (Å²) in [6.45, 7) is 9.37. The third kappa shape index (κ3) is 7.37. The van der Waals surface area contributed by atoms with Gasteiger partial charge in [-0.15, -0.1) is 0 Å². The van der Waals surface area contributed by atoms with Crippen molar-refractivity contribution < 1.29 is 9.59 Å². The molecule has 0 bridgehead atoms. The summed E-state index contributed by atoms with van der Waals surface area (Å²) >= 11 is 0. The number of fused-ring (bicyclic) bond motifs is 2. The number of piperazine rings is 1. The lowest BCUT2D eigenvalue weighted by Gasteiger charge is -2.34.